The van der Waals surface area contributed by atoms with E-state index in [1.165, 1.54) is 0 Å². The van der Waals surface area contributed by atoms with E-state index in [1.807, 2.05) is 0 Å². The standard InChI is InChI=1S/C8H12F3N3/c9-8(10,11)7(13-14-7)4-6-2-1-3-12-5-6/h6,12H,1-5H2. The summed E-state index contributed by atoms with van der Waals surface area (Å²) in [5.74, 6) is 0.0559. The van der Waals surface area contributed by atoms with Gasteiger partial charge in [-0.25, -0.2) is 0 Å². The summed E-state index contributed by atoms with van der Waals surface area (Å²) in [4.78, 5) is 0. The van der Waals surface area contributed by atoms with Gasteiger partial charge < -0.3 is 5.32 Å². The summed E-state index contributed by atoms with van der Waals surface area (Å²) < 4.78 is 37.3. The van der Waals surface area contributed by atoms with E-state index in [0.29, 0.717) is 6.54 Å². The first kappa shape index (κ1) is 9.89. The second kappa shape index (κ2) is 3.18. The van der Waals surface area contributed by atoms with Gasteiger partial charge in [0.2, 0.25) is 0 Å². The van der Waals surface area contributed by atoms with Crippen molar-refractivity contribution in [2.75, 3.05) is 13.1 Å². The average Bonchev–Trinajstić information content (AvgIpc) is 2.86. The number of nitrogens with zero attached hydrogens (tertiary/aromatic N) is 2. The van der Waals surface area contributed by atoms with Crippen LogP contribution in [0.4, 0.5) is 13.2 Å². The molecule has 0 aromatic rings. The molecule has 1 saturated heterocycles. The molecule has 1 atom stereocenters. The van der Waals surface area contributed by atoms with E-state index in [4.69, 9.17) is 0 Å². The SMILES string of the molecule is FC(F)(F)C1(CC2CCCNC2)N=N1. The van der Waals surface area contributed by atoms with Crippen LogP contribution in [0.2, 0.25) is 0 Å². The summed E-state index contributed by atoms with van der Waals surface area (Å²) in [6.07, 6.45) is -2.50. The first-order valence-electron chi connectivity index (χ1n) is 4.75. The molecular weight excluding hydrogens is 195 g/mol. The van der Waals surface area contributed by atoms with Crippen LogP contribution in [0.1, 0.15) is 19.3 Å². The van der Waals surface area contributed by atoms with Crippen molar-refractivity contribution >= 4 is 0 Å². The highest BCUT2D eigenvalue weighted by molar-refractivity contribution is 5.01. The maximum absolute atomic E-state index is 12.4. The van der Waals surface area contributed by atoms with Gasteiger partial charge in [0.15, 0.2) is 0 Å². The molecule has 0 amide bonds. The van der Waals surface area contributed by atoms with Gasteiger partial charge in [0, 0.05) is 6.42 Å². The van der Waals surface area contributed by atoms with Gasteiger partial charge in [0.05, 0.1) is 0 Å². The lowest BCUT2D eigenvalue weighted by Gasteiger charge is -2.25. The normalized spacial score (nSPS) is 30.4. The zero-order valence-electron chi connectivity index (χ0n) is 7.64. The van der Waals surface area contributed by atoms with Crippen molar-refractivity contribution in [3.8, 4) is 0 Å². The smallest absolute Gasteiger partial charge is 0.316 e. The Morgan fingerprint density at radius 1 is 1.36 bits per heavy atom. The maximum atomic E-state index is 12.4. The Hall–Kier alpha value is -0.650. The molecule has 6 heteroatoms. The molecule has 80 valence electrons. The van der Waals surface area contributed by atoms with Gasteiger partial charge in [-0.2, -0.15) is 13.2 Å². The van der Waals surface area contributed by atoms with Crippen LogP contribution in [0.3, 0.4) is 0 Å². The van der Waals surface area contributed by atoms with E-state index >= 15 is 0 Å². The Balaban J connectivity index is 1.90. The quantitative estimate of drug-likeness (QED) is 0.739. The van der Waals surface area contributed by atoms with E-state index in [2.05, 4.69) is 15.5 Å². The van der Waals surface area contributed by atoms with Crippen LogP contribution in [0, 0.1) is 5.92 Å². The first-order chi connectivity index (χ1) is 6.54. The number of rotatable bonds is 2. The molecule has 0 aliphatic carbocycles. The number of hydrogen-bond acceptors (Lipinski definition) is 3. The van der Waals surface area contributed by atoms with E-state index < -0.39 is 11.8 Å². The number of nitrogens with one attached hydrogen (secondary N) is 1. The topological polar surface area (TPSA) is 36.8 Å². The molecule has 0 aromatic heterocycles. The zero-order chi connectivity index (χ0) is 10.2. The Morgan fingerprint density at radius 3 is 2.50 bits per heavy atom. The largest absolute Gasteiger partial charge is 0.437 e. The minimum atomic E-state index is -4.30. The molecule has 2 heterocycles. The molecule has 0 aromatic carbocycles. The predicted molar refractivity (Wildman–Crippen MR) is 43.9 cm³/mol. The highest BCUT2D eigenvalue weighted by atomic mass is 19.4. The molecule has 1 N–H and O–H groups in total. The first-order valence-corrected chi connectivity index (χ1v) is 4.75. The van der Waals surface area contributed by atoms with E-state index in [-0.39, 0.29) is 12.3 Å². The zero-order valence-corrected chi connectivity index (χ0v) is 7.64. The lowest BCUT2D eigenvalue weighted by Crippen LogP contribution is -2.39. The average molecular weight is 207 g/mol. The Kier molecular flexibility index (Phi) is 2.25. The van der Waals surface area contributed by atoms with Crippen molar-refractivity contribution in [2.45, 2.75) is 31.1 Å². The molecular formula is C8H12F3N3. The van der Waals surface area contributed by atoms with Crippen LogP contribution in [-0.2, 0) is 0 Å². The molecule has 2 rings (SSSR count). The second-order valence-corrected chi connectivity index (χ2v) is 3.93. The third-order valence-corrected chi connectivity index (χ3v) is 2.77. The fraction of sp³-hybridized carbons (Fsp3) is 1.00. The molecule has 0 bridgehead atoms. The summed E-state index contributed by atoms with van der Waals surface area (Å²) in [5.41, 5.74) is -2.04. The minimum Gasteiger partial charge on any atom is -0.316 e. The molecule has 14 heavy (non-hydrogen) atoms. The molecule has 0 spiro atoms. The highest BCUT2D eigenvalue weighted by Gasteiger charge is 2.64. The molecule has 1 unspecified atom stereocenters. The van der Waals surface area contributed by atoms with Crippen molar-refractivity contribution < 1.29 is 13.2 Å². The third-order valence-electron chi connectivity index (χ3n) is 2.77. The molecule has 2 aliphatic heterocycles. The second-order valence-electron chi connectivity index (χ2n) is 3.93. The van der Waals surface area contributed by atoms with Crippen molar-refractivity contribution in [3.63, 3.8) is 0 Å². The van der Waals surface area contributed by atoms with E-state index in [9.17, 15) is 13.2 Å². The lowest BCUT2D eigenvalue weighted by atomic mass is 9.90. The van der Waals surface area contributed by atoms with Crippen LogP contribution in [0.15, 0.2) is 10.2 Å². The summed E-state index contributed by atoms with van der Waals surface area (Å²) in [6, 6.07) is 0. The van der Waals surface area contributed by atoms with E-state index in [0.717, 1.165) is 19.4 Å². The Morgan fingerprint density at radius 2 is 2.07 bits per heavy atom. The molecule has 1 fully saturated rings. The molecule has 0 saturated carbocycles. The molecule has 3 nitrogen and oxygen atoms in total. The fourth-order valence-electron chi connectivity index (χ4n) is 1.87. The van der Waals surface area contributed by atoms with Crippen molar-refractivity contribution in [1.82, 2.24) is 5.32 Å². The van der Waals surface area contributed by atoms with Gasteiger partial charge in [-0.05, 0) is 31.8 Å². The summed E-state index contributed by atoms with van der Waals surface area (Å²) >= 11 is 0. The maximum Gasteiger partial charge on any atom is 0.437 e. The van der Waals surface area contributed by atoms with Gasteiger partial charge in [-0.3, -0.25) is 0 Å². The van der Waals surface area contributed by atoms with Crippen molar-refractivity contribution in [2.24, 2.45) is 16.1 Å². The van der Waals surface area contributed by atoms with Gasteiger partial charge in [0.25, 0.3) is 5.66 Å². The Labute approximate surface area is 79.8 Å². The predicted octanol–water partition coefficient (Wildman–Crippen LogP) is 2.10. The van der Waals surface area contributed by atoms with Crippen molar-refractivity contribution in [3.05, 3.63) is 0 Å². The fourth-order valence-corrected chi connectivity index (χ4v) is 1.87. The third kappa shape index (κ3) is 1.75. The summed E-state index contributed by atoms with van der Waals surface area (Å²) in [6.45, 7) is 1.56. The van der Waals surface area contributed by atoms with Crippen molar-refractivity contribution in [1.29, 1.82) is 0 Å². The van der Waals surface area contributed by atoms with Crippen LogP contribution in [-0.4, -0.2) is 24.9 Å². The number of halogens is 3. The van der Waals surface area contributed by atoms with Gasteiger partial charge >= 0.3 is 6.18 Å². The van der Waals surface area contributed by atoms with Crippen LogP contribution < -0.4 is 5.32 Å². The summed E-state index contributed by atoms with van der Waals surface area (Å²) in [7, 11) is 0. The highest BCUT2D eigenvalue weighted by Crippen LogP contribution is 2.48. The van der Waals surface area contributed by atoms with E-state index in [1.54, 1.807) is 0 Å². The van der Waals surface area contributed by atoms with Gasteiger partial charge in [-0.1, -0.05) is 0 Å². The van der Waals surface area contributed by atoms with Gasteiger partial charge in [0.1, 0.15) is 0 Å². The minimum absolute atomic E-state index is 0.0174. The summed E-state index contributed by atoms with van der Waals surface area (Å²) in [5, 5.41) is 9.43. The number of hydrogen-bond donors (Lipinski definition) is 1. The lowest BCUT2D eigenvalue weighted by molar-refractivity contribution is -0.167. The van der Waals surface area contributed by atoms with Crippen LogP contribution >= 0.6 is 0 Å². The van der Waals surface area contributed by atoms with Gasteiger partial charge in [-0.15, -0.1) is 10.2 Å². The Bertz CT molecular complexity index is 237. The van der Waals surface area contributed by atoms with Crippen LogP contribution in [0.5, 0.6) is 0 Å². The number of alkyl halides is 3. The molecule has 2 aliphatic rings. The monoisotopic (exact) mass is 207 g/mol. The van der Waals surface area contributed by atoms with Crippen LogP contribution in [0.25, 0.3) is 0 Å². The molecule has 0 radical (unpaired) electrons. The number of piperidine rings is 1.